The number of aromatic nitrogens is 1. The zero-order chi connectivity index (χ0) is 10.8. The van der Waals surface area contributed by atoms with Crippen LogP contribution in [-0.4, -0.2) is 25.0 Å². The molecule has 1 aromatic rings. The molecule has 14 heavy (non-hydrogen) atoms. The second-order valence-corrected chi connectivity index (χ2v) is 5.69. The molecule has 0 atom stereocenters. The predicted octanol–water partition coefficient (Wildman–Crippen LogP) is 2.40. The van der Waals surface area contributed by atoms with E-state index >= 15 is 0 Å². The van der Waals surface area contributed by atoms with Crippen LogP contribution in [0.5, 0.6) is 0 Å². The van der Waals surface area contributed by atoms with Crippen molar-refractivity contribution in [3.05, 3.63) is 22.3 Å². The molecule has 1 heterocycles. The predicted molar refractivity (Wildman–Crippen MR) is 57.0 cm³/mol. The van der Waals surface area contributed by atoms with Crippen molar-refractivity contribution in [3.63, 3.8) is 0 Å². The number of sulfone groups is 1. The van der Waals surface area contributed by atoms with E-state index in [1.54, 1.807) is 0 Å². The summed E-state index contributed by atoms with van der Waals surface area (Å²) >= 11 is 16.6. The molecule has 0 spiro atoms. The van der Waals surface area contributed by atoms with Crippen LogP contribution in [0.2, 0.25) is 10.0 Å². The first kappa shape index (κ1) is 12.0. The van der Waals surface area contributed by atoms with Gasteiger partial charge in [0.2, 0.25) is 0 Å². The molecule has 1 rings (SSSR count). The van der Waals surface area contributed by atoms with Crippen molar-refractivity contribution in [3.8, 4) is 0 Å². The van der Waals surface area contributed by atoms with Gasteiger partial charge in [0.1, 0.15) is 0 Å². The monoisotopic (exact) mass is 273 g/mol. The number of alkyl halides is 1. The van der Waals surface area contributed by atoms with E-state index in [-0.39, 0.29) is 21.7 Å². The first-order valence-electron chi connectivity index (χ1n) is 3.57. The largest absolute Gasteiger partial charge is 0.242 e. The molecule has 0 bridgehead atoms. The molecule has 0 saturated heterocycles. The highest BCUT2D eigenvalue weighted by molar-refractivity contribution is 7.91. The Morgan fingerprint density at radius 2 is 2.00 bits per heavy atom. The molecule has 0 aliphatic rings. The molecule has 1 aromatic heterocycles. The van der Waals surface area contributed by atoms with Crippen LogP contribution >= 0.6 is 34.8 Å². The van der Waals surface area contributed by atoms with Crippen LogP contribution in [0, 0.1) is 0 Å². The fourth-order valence-corrected chi connectivity index (χ4v) is 3.14. The van der Waals surface area contributed by atoms with E-state index in [2.05, 4.69) is 4.98 Å². The molecule has 3 nitrogen and oxygen atoms in total. The van der Waals surface area contributed by atoms with Crippen LogP contribution in [0.15, 0.2) is 17.3 Å². The Kier molecular flexibility index (Phi) is 4.01. The first-order chi connectivity index (χ1) is 6.47. The van der Waals surface area contributed by atoms with Gasteiger partial charge in [0.15, 0.2) is 14.9 Å². The Morgan fingerprint density at radius 1 is 1.36 bits per heavy atom. The van der Waals surface area contributed by atoms with Gasteiger partial charge in [-0.3, -0.25) is 0 Å². The molecular weight excluding hydrogens is 269 g/mol. The van der Waals surface area contributed by atoms with Crippen molar-refractivity contribution in [2.45, 2.75) is 5.03 Å². The summed E-state index contributed by atoms with van der Waals surface area (Å²) in [5.41, 5.74) is 0. The third kappa shape index (κ3) is 2.73. The summed E-state index contributed by atoms with van der Waals surface area (Å²) in [4.78, 5) is 3.66. The van der Waals surface area contributed by atoms with Gasteiger partial charge in [-0.1, -0.05) is 23.2 Å². The van der Waals surface area contributed by atoms with Crippen molar-refractivity contribution < 1.29 is 8.42 Å². The maximum Gasteiger partial charge on any atom is 0.198 e. The lowest BCUT2D eigenvalue weighted by Gasteiger charge is -2.03. The minimum atomic E-state index is -3.49. The molecule has 0 aromatic carbocycles. The second kappa shape index (κ2) is 4.66. The highest BCUT2D eigenvalue weighted by Crippen LogP contribution is 2.23. The quantitative estimate of drug-likeness (QED) is 0.795. The highest BCUT2D eigenvalue weighted by Gasteiger charge is 2.19. The fraction of sp³-hybridized carbons (Fsp3) is 0.286. The molecule has 78 valence electrons. The minimum absolute atomic E-state index is 0.00295. The molecule has 0 radical (unpaired) electrons. The van der Waals surface area contributed by atoms with E-state index in [0.717, 1.165) is 0 Å². The molecule has 0 aliphatic carbocycles. The second-order valence-electron chi connectivity index (χ2n) is 2.45. The number of rotatable bonds is 3. The van der Waals surface area contributed by atoms with Gasteiger partial charge in [-0.05, 0) is 6.07 Å². The first-order valence-corrected chi connectivity index (χ1v) is 6.51. The lowest BCUT2D eigenvalue weighted by Crippen LogP contribution is -2.10. The number of hydrogen-bond acceptors (Lipinski definition) is 3. The van der Waals surface area contributed by atoms with Gasteiger partial charge in [0.05, 0.1) is 15.8 Å². The van der Waals surface area contributed by atoms with Crippen molar-refractivity contribution in [1.82, 2.24) is 4.98 Å². The topological polar surface area (TPSA) is 47.0 Å². The number of hydrogen-bond donors (Lipinski definition) is 0. The Hall–Kier alpha value is -0.0300. The molecule has 0 fully saturated rings. The lowest BCUT2D eigenvalue weighted by atomic mass is 10.5. The van der Waals surface area contributed by atoms with Crippen molar-refractivity contribution >= 4 is 44.6 Å². The van der Waals surface area contributed by atoms with Crippen LogP contribution < -0.4 is 0 Å². The van der Waals surface area contributed by atoms with Crippen LogP contribution in [0.1, 0.15) is 0 Å². The number of pyridine rings is 1. The summed E-state index contributed by atoms with van der Waals surface area (Å²) in [6.45, 7) is 0. The van der Waals surface area contributed by atoms with Gasteiger partial charge in [-0.25, -0.2) is 13.4 Å². The van der Waals surface area contributed by atoms with Crippen LogP contribution in [-0.2, 0) is 9.84 Å². The van der Waals surface area contributed by atoms with Gasteiger partial charge < -0.3 is 0 Å². The molecule has 0 aliphatic heterocycles. The van der Waals surface area contributed by atoms with Crippen LogP contribution in [0.3, 0.4) is 0 Å². The van der Waals surface area contributed by atoms with Crippen molar-refractivity contribution in [1.29, 1.82) is 0 Å². The van der Waals surface area contributed by atoms with Gasteiger partial charge >= 0.3 is 0 Å². The summed E-state index contributed by atoms with van der Waals surface area (Å²) < 4.78 is 23.0. The number of nitrogens with zero attached hydrogens (tertiary/aromatic N) is 1. The normalized spacial score (nSPS) is 11.6. The standard InChI is InChI=1S/C7H6Cl3NO2S/c8-1-2-14(12,13)7-6(10)3-5(9)4-11-7/h3-4H,1-2H2. The molecule has 7 heteroatoms. The van der Waals surface area contributed by atoms with E-state index in [0.29, 0.717) is 5.02 Å². The zero-order valence-corrected chi connectivity index (χ0v) is 9.96. The highest BCUT2D eigenvalue weighted by atomic mass is 35.5. The Balaban J connectivity index is 3.20. The summed E-state index contributed by atoms with van der Waals surface area (Å²) in [7, 11) is -3.49. The molecular formula is C7H6Cl3NO2S. The maximum absolute atomic E-state index is 11.5. The zero-order valence-electron chi connectivity index (χ0n) is 6.87. The number of halogens is 3. The lowest BCUT2D eigenvalue weighted by molar-refractivity contribution is 0.594. The van der Waals surface area contributed by atoms with Gasteiger partial charge in [0, 0.05) is 12.1 Å². The van der Waals surface area contributed by atoms with E-state index in [1.165, 1.54) is 12.3 Å². The van der Waals surface area contributed by atoms with Crippen molar-refractivity contribution in [2.24, 2.45) is 0 Å². The molecule has 0 N–H and O–H groups in total. The Morgan fingerprint density at radius 3 is 2.50 bits per heavy atom. The Bertz CT molecular complexity index is 433. The summed E-state index contributed by atoms with van der Waals surface area (Å²) in [5.74, 6) is -0.189. The van der Waals surface area contributed by atoms with Crippen LogP contribution in [0.25, 0.3) is 0 Å². The van der Waals surface area contributed by atoms with Gasteiger partial charge in [-0.2, -0.15) is 0 Å². The average molecular weight is 275 g/mol. The SMILES string of the molecule is O=S(=O)(CCCl)c1ncc(Cl)cc1Cl. The third-order valence-corrected chi connectivity index (χ3v) is 4.09. The smallest absolute Gasteiger partial charge is 0.198 e. The summed E-state index contributed by atoms with van der Waals surface area (Å²) in [5, 5.41) is 0.131. The molecule has 0 amide bonds. The minimum Gasteiger partial charge on any atom is -0.242 e. The average Bonchev–Trinajstić information content (AvgIpc) is 2.02. The van der Waals surface area contributed by atoms with Gasteiger partial charge in [0.25, 0.3) is 0 Å². The summed E-state index contributed by atoms with van der Waals surface area (Å²) in [6.07, 6.45) is 1.23. The maximum atomic E-state index is 11.5. The summed E-state index contributed by atoms with van der Waals surface area (Å²) in [6, 6.07) is 1.33. The molecule has 0 saturated carbocycles. The fourth-order valence-electron chi connectivity index (χ4n) is 0.829. The third-order valence-electron chi connectivity index (χ3n) is 1.41. The Labute approximate surface area is 96.9 Å². The van der Waals surface area contributed by atoms with Crippen molar-refractivity contribution in [2.75, 3.05) is 11.6 Å². The van der Waals surface area contributed by atoms with Gasteiger partial charge in [-0.15, -0.1) is 11.6 Å². The van der Waals surface area contributed by atoms with E-state index in [1.807, 2.05) is 0 Å². The van der Waals surface area contributed by atoms with E-state index in [4.69, 9.17) is 34.8 Å². The van der Waals surface area contributed by atoms with E-state index in [9.17, 15) is 8.42 Å². The van der Waals surface area contributed by atoms with Crippen LogP contribution in [0.4, 0.5) is 0 Å². The van der Waals surface area contributed by atoms with E-state index < -0.39 is 9.84 Å². The molecule has 0 unspecified atom stereocenters.